The van der Waals surface area contributed by atoms with Crippen molar-refractivity contribution in [1.29, 1.82) is 0 Å². The molecule has 32 heavy (non-hydrogen) atoms. The summed E-state index contributed by atoms with van der Waals surface area (Å²) in [5.74, 6) is -1.16. The van der Waals surface area contributed by atoms with Gasteiger partial charge in [0, 0.05) is 5.92 Å². The average Bonchev–Trinajstić information content (AvgIpc) is 2.77. The highest BCUT2D eigenvalue weighted by Gasteiger charge is 2.33. The number of ether oxygens (including phenoxy) is 1. The minimum atomic E-state index is -4.46. The van der Waals surface area contributed by atoms with E-state index >= 15 is 0 Å². The number of aryl methyl sites for hydroxylation is 2. The largest absolute Gasteiger partial charge is 0.453 e. The Morgan fingerprint density at radius 2 is 1.28 bits per heavy atom. The summed E-state index contributed by atoms with van der Waals surface area (Å²) in [6, 6.07) is 18.7. The number of benzene rings is 3. The van der Waals surface area contributed by atoms with Gasteiger partial charge in [-0.15, -0.1) is 0 Å². The topological polar surface area (TPSA) is 46.5 Å². The highest BCUT2D eigenvalue weighted by molar-refractivity contribution is 5.89. The van der Waals surface area contributed by atoms with E-state index in [0.29, 0.717) is 16.7 Å². The van der Waals surface area contributed by atoms with Gasteiger partial charge in [0.15, 0.2) is 0 Å². The van der Waals surface area contributed by atoms with Crippen LogP contribution in [0.4, 0.5) is 13.2 Å². The maximum Gasteiger partial charge on any atom is 0.416 e. The summed E-state index contributed by atoms with van der Waals surface area (Å²) in [5, 5.41) is 10.9. The molecule has 0 unspecified atom stereocenters. The van der Waals surface area contributed by atoms with Crippen LogP contribution in [0.5, 0.6) is 0 Å². The van der Waals surface area contributed by atoms with Gasteiger partial charge in [-0.25, -0.2) is 4.79 Å². The van der Waals surface area contributed by atoms with Crippen molar-refractivity contribution in [1.82, 2.24) is 0 Å². The van der Waals surface area contributed by atoms with Crippen molar-refractivity contribution in [2.45, 2.75) is 39.2 Å². The third kappa shape index (κ3) is 5.56. The average molecular weight is 442 g/mol. The van der Waals surface area contributed by atoms with Crippen LogP contribution < -0.4 is 0 Å². The van der Waals surface area contributed by atoms with E-state index in [9.17, 15) is 23.1 Å². The van der Waals surface area contributed by atoms with Crippen molar-refractivity contribution in [3.63, 3.8) is 0 Å². The predicted octanol–water partition coefficient (Wildman–Crippen LogP) is 6.59. The van der Waals surface area contributed by atoms with Gasteiger partial charge in [0.25, 0.3) is 0 Å². The number of hydrogen-bond donors (Lipinski definition) is 1. The summed E-state index contributed by atoms with van der Waals surface area (Å²) >= 11 is 0. The molecule has 3 rings (SSSR count). The standard InChI is InChI=1S/C26H25F3O3/c1-16-4-8-20(9-5-16)24(32-25(31)21-10-6-17(2)7-11-21)18(3)23(30)19-12-14-22(15-13-19)26(27,28)29/h4-15,18,23-24,30H,1-3H3/t18-,23-,24-/m0/s1. The molecular formula is C26H25F3O3. The first kappa shape index (κ1) is 23.5. The molecule has 0 saturated carbocycles. The van der Waals surface area contributed by atoms with E-state index in [4.69, 9.17) is 4.74 Å². The van der Waals surface area contributed by atoms with E-state index in [-0.39, 0.29) is 0 Å². The number of halogens is 3. The Kier molecular flexibility index (Phi) is 7.04. The van der Waals surface area contributed by atoms with Gasteiger partial charge in [-0.05, 0) is 49.2 Å². The SMILES string of the molecule is Cc1ccc(C(=O)O[C@H](c2ccc(C)cc2)[C@@H](C)[C@H](O)c2ccc(C(F)(F)F)cc2)cc1. The smallest absolute Gasteiger partial charge is 0.416 e. The molecule has 0 fully saturated rings. The van der Waals surface area contributed by atoms with Crippen molar-refractivity contribution in [2.75, 3.05) is 0 Å². The molecule has 0 bridgehead atoms. The lowest BCUT2D eigenvalue weighted by molar-refractivity contribution is -0.137. The van der Waals surface area contributed by atoms with Crippen LogP contribution in [-0.4, -0.2) is 11.1 Å². The number of hydrogen-bond acceptors (Lipinski definition) is 3. The zero-order valence-electron chi connectivity index (χ0n) is 18.1. The fourth-order valence-corrected chi connectivity index (χ4v) is 3.45. The van der Waals surface area contributed by atoms with Crippen LogP contribution in [0, 0.1) is 19.8 Å². The van der Waals surface area contributed by atoms with E-state index in [1.165, 1.54) is 12.1 Å². The number of esters is 1. The molecule has 1 N–H and O–H groups in total. The van der Waals surface area contributed by atoms with Gasteiger partial charge in [-0.1, -0.05) is 66.6 Å². The van der Waals surface area contributed by atoms with E-state index in [1.54, 1.807) is 31.2 Å². The predicted molar refractivity (Wildman–Crippen MR) is 116 cm³/mol. The minimum absolute atomic E-state index is 0.314. The van der Waals surface area contributed by atoms with E-state index in [1.807, 2.05) is 38.1 Å². The Labute approximate surface area is 185 Å². The summed E-state index contributed by atoms with van der Waals surface area (Å²) in [7, 11) is 0. The second-order valence-corrected chi connectivity index (χ2v) is 8.03. The van der Waals surface area contributed by atoms with E-state index in [2.05, 4.69) is 0 Å². The number of aliphatic hydroxyl groups is 1. The lowest BCUT2D eigenvalue weighted by Gasteiger charge is -2.29. The zero-order valence-corrected chi connectivity index (χ0v) is 18.1. The minimum Gasteiger partial charge on any atom is -0.453 e. The molecular weight excluding hydrogens is 417 g/mol. The van der Waals surface area contributed by atoms with Gasteiger partial charge < -0.3 is 9.84 Å². The number of carbonyl (C=O) groups is 1. The third-order valence-corrected chi connectivity index (χ3v) is 5.48. The Balaban J connectivity index is 1.88. The normalized spacial score (nSPS) is 14.5. The zero-order chi connectivity index (χ0) is 23.5. The van der Waals surface area contributed by atoms with Crippen molar-refractivity contribution in [3.05, 3.63) is 106 Å². The molecule has 0 aromatic heterocycles. The van der Waals surface area contributed by atoms with Gasteiger partial charge >= 0.3 is 12.1 Å². The lowest BCUT2D eigenvalue weighted by atomic mass is 9.88. The fraction of sp³-hybridized carbons (Fsp3) is 0.269. The summed E-state index contributed by atoms with van der Waals surface area (Å²) in [6.45, 7) is 5.54. The Morgan fingerprint density at radius 3 is 1.78 bits per heavy atom. The fourth-order valence-electron chi connectivity index (χ4n) is 3.45. The second-order valence-electron chi connectivity index (χ2n) is 8.03. The van der Waals surface area contributed by atoms with Gasteiger partial charge in [-0.2, -0.15) is 13.2 Å². The van der Waals surface area contributed by atoms with E-state index in [0.717, 1.165) is 23.3 Å². The number of rotatable bonds is 6. The van der Waals surface area contributed by atoms with Crippen molar-refractivity contribution in [2.24, 2.45) is 5.92 Å². The first-order valence-corrected chi connectivity index (χ1v) is 10.3. The van der Waals surface area contributed by atoms with E-state index < -0.39 is 35.8 Å². The molecule has 0 amide bonds. The number of aliphatic hydroxyl groups excluding tert-OH is 1. The summed E-state index contributed by atoms with van der Waals surface area (Å²) in [5.41, 5.74) is 2.62. The Hall–Kier alpha value is -3.12. The molecule has 0 aliphatic rings. The van der Waals surface area contributed by atoms with Crippen LogP contribution in [0.2, 0.25) is 0 Å². The molecule has 3 nitrogen and oxygen atoms in total. The molecule has 168 valence electrons. The van der Waals surface area contributed by atoms with Crippen LogP contribution >= 0.6 is 0 Å². The monoisotopic (exact) mass is 442 g/mol. The summed E-state index contributed by atoms with van der Waals surface area (Å²) in [6.07, 6.45) is -6.40. The maximum absolute atomic E-state index is 12.9. The summed E-state index contributed by atoms with van der Waals surface area (Å²) < 4.78 is 44.4. The van der Waals surface area contributed by atoms with Crippen molar-refractivity contribution in [3.8, 4) is 0 Å². The first-order valence-electron chi connectivity index (χ1n) is 10.3. The lowest BCUT2D eigenvalue weighted by Crippen LogP contribution is -2.23. The molecule has 3 aromatic carbocycles. The van der Waals surface area contributed by atoms with Crippen LogP contribution in [0.25, 0.3) is 0 Å². The molecule has 0 heterocycles. The molecule has 6 heteroatoms. The van der Waals surface area contributed by atoms with Crippen LogP contribution in [0.1, 0.15) is 57.3 Å². The molecule has 3 atom stereocenters. The highest BCUT2D eigenvalue weighted by Crippen LogP contribution is 2.37. The second kappa shape index (κ2) is 9.57. The third-order valence-electron chi connectivity index (χ3n) is 5.48. The van der Waals surface area contributed by atoms with Gasteiger partial charge in [-0.3, -0.25) is 0 Å². The highest BCUT2D eigenvalue weighted by atomic mass is 19.4. The molecule has 0 saturated heterocycles. The van der Waals surface area contributed by atoms with Crippen LogP contribution in [-0.2, 0) is 10.9 Å². The Morgan fingerprint density at radius 1 is 0.812 bits per heavy atom. The van der Waals surface area contributed by atoms with Crippen molar-refractivity contribution >= 4 is 5.97 Å². The van der Waals surface area contributed by atoms with Gasteiger partial charge in [0.1, 0.15) is 6.10 Å². The Bertz CT molecular complexity index is 1040. The van der Waals surface area contributed by atoms with Crippen molar-refractivity contribution < 1.29 is 27.8 Å². The van der Waals surface area contributed by atoms with Gasteiger partial charge in [0.05, 0.1) is 17.2 Å². The number of alkyl halides is 3. The maximum atomic E-state index is 12.9. The summed E-state index contributed by atoms with van der Waals surface area (Å²) in [4.78, 5) is 12.8. The van der Waals surface area contributed by atoms with Crippen LogP contribution in [0.3, 0.4) is 0 Å². The molecule has 3 aromatic rings. The van der Waals surface area contributed by atoms with Gasteiger partial charge in [0.2, 0.25) is 0 Å². The molecule has 0 spiro atoms. The molecule has 0 radical (unpaired) electrons. The molecule has 0 aliphatic carbocycles. The quantitative estimate of drug-likeness (QED) is 0.438. The molecule has 0 aliphatic heterocycles. The van der Waals surface area contributed by atoms with Crippen LogP contribution in [0.15, 0.2) is 72.8 Å². The first-order chi connectivity index (χ1) is 15.1. The number of carbonyl (C=O) groups excluding carboxylic acids is 1.